The second-order valence-corrected chi connectivity index (χ2v) is 12.6. The molecule has 2 amide bonds. The summed E-state index contributed by atoms with van der Waals surface area (Å²) in [6.45, 7) is 10.7. The third kappa shape index (κ3) is 6.13. The number of benzene rings is 3. The largest absolute Gasteiger partial charge is 0.338 e. The van der Waals surface area contributed by atoms with E-state index >= 15 is 0 Å². The summed E-state index contributed by atoms with van der Waals surface area (Å²) in [4.78, 5) is 47.3. The second kappa shape index (κ2) is 12.0. The summed E-state index contributed by atoms with van der Waals surface area (Å²) in [6, 6.07) is 25.8. The van der Waals surface area contributed by atoms with Crippen LogP contribution in [-0.4, -0.2) is 59.6 Å². The first-order valence-corrected chi connectivity index (χ1v) is 14.7. The van der Waals surface area contributed by atoms with Crippen LogP contribution in [0.4, 0.5) is 0 Å². The number of carbonyl (C=O) groups excluding carboxylic acids is 3. The molecule has 2 aliphatic heterocycles. The maximum absolute atomic E-state index is 14.6. The lowest BCUT2D eigenvalue weighted by atomic mass is 9.75. The zero-order chi connectivity index (χ0) is 29.1. The van der Waals surface area contributed by atoms with Gasteiger partial charge in [0.15, 0.2) is 5.78 Å². The Labute approximate surface area is 243 Å². The van der Waals surface area contributed by atoms with Crippen molar-refractivity contribution in [2.75, 3.05) is 26.2 Å². The van der Waals surface area contributed by atoms with E-state index in [9.17, 15) is 14.4 Å². The lowest BCUT2D eigenvalue weighted by Gasteiger charge is -2.37. The molecule has 41 heavy (non-hydrogen) atoms. The Bertz CT molecular complexity index is 1380. The molecule has 0 radical (unpaired) electrons. The van der Waals surface area contributed by atoms with Gasteiger partial charge in [-0.05, 0) is 23.5 Å². The number of rotatable bonds is 6. The minimum atomic E-state index is -0.798. The fourth-order valence-corrected chi connectivity index (χ4v) is 6.50. The van der Waals surface area contributed by atoms with E-state index in [0.29, 0.717) is 31.7 Å². The number of nitrogens with one attached hydrogen (secondary N) is 1. The van der Waals surface area contributed by atoms with E-state index in [0.717, 1.165) is 16.7 Å². The molecular formula is C35H41N3O3. The zero-order valence-corrected chi connectivity index (χ0v) is 24.5. The summed E-state index contributed by atoms with van der Waals surface area (Å²) in [5, 5.41) is 3.33. The Kier molecular flexibility index (Phi) is 8.41. The Hall–Kier alpha value is -3.77. The number of amides is 2. The van der Waals surface area contributed by atoms with Crippen LogP contribution in [0, 0.1) is 18.3 Å². The molecular weight excluding hydrogens is 510 g/mol. The first-order chi connectivity index (χ1) is 19.7. The van der Waals surface area contributed by atoms with Crippen LogP contribution in [0.1, 0.15) is 66.2 Å². The number of likely N-dealkylation sites (tertiary alicyclic amines) is 1. The number of ketones is 1. The van der Waals surface area contributed by atoms with E-state index in [-0.39, 0.29) is 29.4 Å². The summed E-state index contributed by atoms with van der Waals surface area (Å²) in [5.74, 6) is -1.36. The van der Waals surface area contributed by atoms with Crippen LogP contribution < -0.4 is 5.32 Å². The van der Waals surface area contributed by atoms with Gasteiger partial charge in [-0.25, -0.2) is 0 Å². The van der Waals surface area contributed by atoms with E-state index in [4.69, 9.17) is 0 Å². The zero-order valence-electron chi connectivity index (χ0n) is 24.5. The predicted molar refractivity (Wildman–Crippen MR) is 162 cm³/mol. The molecule has 1 N–H and O–H groups in total. The molecule has 2 saturated heterocycles. The van der Waals surface area contributed by atoms with Crippen molar-refractivity contribution in [1.82, 2.24) is 15.1 Å². The molecule has 214 valence electrons. The van der Waals surface area contributed by atoms with Gasteiger partial charge in [0.2, 0.25) is 11.8 Å². The number of carbonyl (C=O) groups is 3. The highest BCUT2D eigenvalue weighted by Crippen LogP contribution is 2.52. The topological polar surface area (TPSA) is 69.7 Å². The molecule has 0 aliphatic carbocycles. The normalized spacial score (nSPS) is 22.9. The van der Waals surface area contributed by atoms with E-state index in [1.165, 1.54) is 0 Å². The minimum absolute atomic E-state index is 0.0462. The van der Waals surface area contributed by atoms with Crippen molar-refractivity contribution in [3.05, 3.63) is 107 Å². The standard InChI is InChI=1S/C35H41N3O3/c1-24-12-11-17-27(22-24)31-30(33(40)26-15-9-6-10-16-26)29(25-13-7-5-8-14-25)32(34(41)37-20-18-36-19-21-37)38(31)28(39)23-35(2,3)4/h5-17,22,29-32,36H,18-21,23H2,1-4H3. The molecule has 2 aliphatic rings. The molecule has 5 rings (SSSR count). The van der Waals surface area contributed by atoms with Gasteiger partial charge in [0, 0.05) is 44.1 Å². The third-order valence-electron chi connectivity index (χ3n) is 8.25. The van der Waals surface area contributed by atoms with Crippen molar-refractivity contribution in [3.8, 4) is 0 Å². The van der Waals surface area contributed by atoms with Crippen molar-refractivity contribution < 1.29 is 14.4 Å². The van der Waals surface area contributed by atoms with Crippen molar-refractivity contribution in [2.24, 2.45) is 11.3 Å². The summed E-state index contributed by atoms with van der Waals surface area (Å²) in [5.41, 5.74) is 3.14. The van der Waals surface area contributed by atoms with Crippen molar-refractivity contribution in [3.63, 3.8) is 0 Å². The molecule has 6 heteroatoms. The van der Waals surface area contributed by atoms with E-state index < -0.39 is 23.9 Å². The highest BCUT2D eigenvalue weighted by Gasteiger charge is 2.58. The van der Waals surface area contributed by atoms with E-state index in [1.807, 2.05) is 111 Å². The Morgan fingerprint density at radius 2 is 1.44 bits per heavy atom. The Balaban J connectivity index is 1.76. The van der Waals surface area contributed by atoms with Gasteiger partial charge in [0.25, 0.3) is 0 Å². The summed E-state index contributed by atoms with van der Waals surface area (Å²) < 4.78 is 0. The maximum Gasteiger partial charge on any atom is 0.246 e. The van der Waals surface area contributed by atoms with Gasteiger partial charge in [-0.3, -0.25) is 14.4 Å². The van der Waals surface area contributed by atoms with E-state index in [2.05, 4.69) is 11.4 Å². The van der Waals surface area contributed by atoms with Gasteiger partial charge in [0.05, 0.1) is 12.0 Å². The van der Waals surface area contributed by atoms with Gasteiger partial charge in [-0.1, -0.05) is 111 Å². The smallest absolute Gasteiger partial charge is 0.246 e. The monoisotopic (exact) mass is 551 g/mol. The molecule has 2 fully saturated rings. The molecule has 4 unspecified atom stereocenters. The average molecular weight is 552 g/mol. The molecule has 3 aromatic rings. The summed E-state index contributed by atoms with van der Waals surface area (Å²) in [7, 11) is 0. The van der Waals surface area contributed by atoms with Gasteiger partial charge < -0.3 is 15.1 Å². The quantitative estimate of drug-likeness (QED) is 0.417. The number of aryl methyl sites for hydroxylation is 1. The molecule has 3 aromatic carbocycles. The number of piperazine rings is 1. The van der Waals surface area contributed by atoms with E-state index in [1.54, 1.807) is 4.90 Å². The molecule has 0 aromatic heterocycles. The fraction of sp³-hybridized carbons (Fsp3) is 0.400. The molecule has 0 bridgehead atoms. The number of hydrogen-bond acceptors (Lipinski definition) is 4. The summed E-state index contributed by atoms with van der Waals surface area (Å²) in [6.07, 6.45) is 0.272. The third-order valence-corrected chi connectivity index (χ3v) is 8.25. The lowest BCUT2D eigenvalue weighted by Crippen LogP contribution is -2.55. The van der Waals surface area contributed by atoms with Crippen LogP contribution in [0.3, 0.4) is 0 Å². The van der Waals surface area contributed by atoms with Crippen LogP contribution in [0.15, 0.2) is 84.9 Å². The Morgan fingerprint density at radius 1 is 0.829 bits per heavy atom. The van der Waals surface area contributed by atoms with Gasteiger partial charge in [-0.15, -0.1) is 0 Å². The van der Waals surface area contributed by atoms with Crippen LogP contribution in [-0.2, 0) is 9.59 Å². The average Bonchev–Trinajstić information content (AvgIpc) is 3.33. The predicted octanol–water partition coefficient (Wildman–Crippen LogP) is 5.40. The van der Waals surface area contributed by atoms with Crippen LogP contribution in [0.25, 0.3) is 0 Å². The van der Waals surface area contributed by atoms with Crippen LogP contribution >= 0.6 is 0 Å². The molecule has 2 heterocycles. The van der Waals surface area contributed by atoms with Gasteiger partial charge >= 0.3 is 0 Å². The summed E-state index contributed by atoms with van der Waals surface area (Å²) >= 11 is 0. The highest BCUT2D eigenvalue weighted by atomic mass is 16.2. The van der Waals surface area contributed by atoms with Crippen LogP contribution in [0.5, 0.6) is 0 Å². The first kappa shape index (κ1) is 28.7. The van der Waals surface area contributed by atoms with Gasteiger partial charge in [-0.2, -0.15) is 0 Å². The lowest BCUT2D eigenvalue weighted by molar-refractivity contribution is -0.147. The fourth-order valence-electron chi connectivity index (χ4n) is 6.50. The maximum atomic E-state index is 14.6. The number of Topliss-reactive ketones (excluding diaryl/α,β-unsaturated/α-hetero) is 1. The van der Waals surface area contributed by atoms with Crippen molar-refractivity contribution in [1.29, 1.82) is 0 Å². The number of hydrogen-bond donors (Lipinski definition) is 1. The molecule has 6 nitrogen and oxygen atoms in total. The Morgan fingerprint density at radius 3 is 2.05 bits per heavy atom. The number of nitrogens with zero attached hydrogens (tertiary/aromatic N) is 2. The molecule has 0 saturated carbocycles. The van der Waals surface area contributed by atoms with Crippen molar-refractivity contribution >= 4 is 17.6 Å². The second-order valence-electron chi connectivity index (χ2n) is 12.6. The minimum Gasteiger partial charge on any atom is -0.338 e. The van der Waals surface area contributed by atoms with Crippen molar-refractivity contribution in [2.45, 2.75) is 52.1 Å². The highest BCUT2D eigenvalue weighted by molar-refractivity contribution is 6.02. The molecule has 4 atom stereocenters. The first-order valence-electron chi connectivity index (χ1n) is 14.7. The van der Waals surface area contributed by atoms with Crippen LogP contribution in [0.2, 0.25) is 0 Å². The molecule has 0 spiro atoms. The SMILES string of the molecule is Cc1cccc(C2C(C(=O)c3ccccc3)C(c3ccccc3)C(C(=O)N3CCNCC3)N2C(=O)CC(C)(C)C)c1. The van der Waals surface area contributed by atoms with Gasteiger partial charge in [0.1, 0.15) is 6.04 Å².